The number of ether oxygens (including phenoxy) is 1. The van der Waals surface area contributed by atoms with Crippen molar-refractivity contribution in [3.63, 3.8) is 0 Å². The van der Waals surface area contributed by atoms with Crippen LogP contribution in [-0.2, 0) is 22.6 Å². The van der Waals surface area contributed by atoms with Gasteiger partial charge in [-0.15, -0.1) is 0 Å². The van der Waals surface area contributed by atoms with Gasteiger partial charge < -0.3 is 21.1 Å². The third-order valence-corrected chi connectivity index (χ3v) is 5.55. The second-order valence-corrected chi connectivity index (χ2v) is 8.72. The molecule has 0 radical (unpaired) electrons. The molecule has 1 unspecified atom stereocenters. The zero-order valence-corrected chi connectivity index (χ0v) is 17.9. The Kier molecular flexibility index (Phi) is 6.24. The van der Waals surface area contributed by atoms with E-state index in [2.05, 4.69) is 63.5 Å². The average Bonchev–Trinajstić information content (AvgIpc) is 3.20. The number of fused-ring (bicyclic) bond motifs is 1. The molecule has 30 heavy (non-hydrogen) atoms. The Morgan fingerprint density at radius 3 is 2.70 bits per heavy atom. The fraction of sp³-hybridized carbons (Fsp3) is 0.545. The van der Waals surface area contributed by atoms with Crippen LogP contribution < -0.4 is 16.4 Å². The Morgan fingerprint density at radius 2 is 1.97 bits per heavy atom. The first-order valence-electron chi connectivity index (χ1n) is 10.8. The molecule has 0 aliphatic carbocycles. The van der Waals surface area contributed by atoms with Crippen molar-refractivity contribution in [3.8, 4) is 0 Å². The van der Waals surface area contributed by atoms with E-state index in [-0.39, 0.29) is 18.6 Å². The van der Waals surface area contributed by atoms with Crippen LogP contribution in [0.3, 0.4) is 0 Å². The first-order chi connectivity index (χ1) is 14.5. The molecule has 8 nitrogen and oxygen atoms in total. The third-order valence-electron chi connectivity index (χ3n) is 5.55. The molecule has 0 spiro atoms. The minimum atomic E-state index is -0.274. The van der Waals surface area contributed by atoms with Crippen molar-refractivity contribution in [2.45, 2.75) is 45.9 Å². The fourth-order valence-corrected chi connectivity index (χ4v) is 4.13. The Labute approximate surface area is 178 Å². The number of nitrogens with two attached hydrogens (primary N) is 1. The van der Waals surface area contributed by atoms with E-state index in [9.17, 15) is 4.79 Å². The summed E-state index contributed by atoms with van der Waals surface area (Å²) in [6, 6.07) is 9.03. The summed E-state index contributed by atoms with van der Waals surface area (Å²) < 4.78 is 5.76. The number of nitrogens with one attached hydrogen (secondary N) is 2. The van der Waals surface area contributed by atoms with Gasteiger partial charge in [0.15, 0.2) is 5.82 Å². The first kappa shape index (κ1) is 20.7. The molecule has 162 valence electrons. The van der Waals surface area contributed by atoms with Crippen LogP contribution in [0.2, 0.25) is 0 Å². The summed E-state index contributed by atoms with van der Waals surface area (Å²) in [4.78, 5) is 21.1. The van der Waals surface area contributed by atoms with Crippen molar-refractivity contribution in [1.29, 1.82) is 0 Å². The van der Waals surface area contributed by atoms with Gasteiger partial charge in [0.1, 0.15) is 6.17 Å². The van der Waals surface area contributed by atoms with Crippen LogP contribution in [0.4, 0.5) is 0 Å². The zero-order valence-electron chi connectivity index (χ0n) is 17.9. The number of carbonyl (C=O) groups is 1. The van der Waals surface area contributed by atoms with Crippen LogP contribution in [0.5, 0.6) is 0 Å². The molecule has 3 heterocycles. The van der Waals surface area contributed by atoms with E-state index < -0.39 is 0 Å². The second kappa shape index (κ2) is 9.06. The highest BCUT2D eigenvalue weighted by molar-refractivity contribution is 5.84. The van der Waals surface area contributed by atoms with E-state index in [1.165, 1.54) is 37.1 Å². The molecule has 0 aromatic heterocycles. The van der Waals surface area contributed by atoms with Crippen molar-refractivity contribution in [2.75, 3.05) is 26.2 Å². The lowest BCUT2D eigenvalue weighted by Crippen LogP contribution is -2.61. The van der Waals surface area contributed by atoms with Crippen LogP contribution >= 0.6 is 0 Å². The summed E-state index contributed by atoms with van der Waals surface area (Å²) >= 11 is 0. The average molecular weight is 413 g/mol. The lowest BCUT2D eigenvalue weighted by atomic mass is 10.1. The van der Waals surface area contributed by atoms with Crippen LogP contribution in [0.25, 0.3) is 0 Å². The molecular formula is C22H32N6O2. The molecular weight excluding hydrogens is 380 g/mol. The Balaban J connectivity index is 1.48. The van der Waals surface area contributed by atoms with Crippen molar-refractivity contribution in [2.24, 2.45) is 16.6 Å². The van der Waals surface area contributed by atoms with E-state index >= 15 is 0 Å². The van der Waals surface area contributed by atoms with E-state index in [1.54, 1.807) is 0 Å². The molecule has 1 atom stereocenters. The summed E-state index contributed by atoms with van der Waals surface area (Å²) in [5.41, 5.74) is 9.22. The number of rotatable bonds is 6. The minimum absolute atomic E-state index is 0.0824. The molecule has 3 aliphatic rings. The van der Waals surface area contributed by atoms with E-state index in [0.717, 1.165) is 6.54 Å². The van der Waals surface area contributed by atoms with Gasteiger partial charge in [-0.1, -0.05) is 38.1 Å². The van der Waals surface area contributed by atoms with Gasteiger partial charge >= 0.3 is 0 Å². The number of piperazine rings is 1. The number of amides is 1. The smallest absolute Gasteiger partial charge is 0.292 e. The van der Waals surface area contributed by atoms with Crippen LogP contribution in [0, 0.1) is 5.92 Å². The minimum Gasteiger partial charge on any atom is -0.465 e. The number of benzene rings is 1. The lowest BCUT2D eigenvalue weighted by molar-refractivity contribution is -0.124. The van der Waals surface area contributed by atoms with Crippen LogP contribution in [0.15, 0.2) is 40.8 Å². The van der Waals surface area contributed by atoms with Gasteiger partial charge in [-0.05, 0) is 43.0 Å². The Bertz CT molecular complexity index is 844. The highest BCUT2D eigenvalue weighted by atomic mass is 16.5. The van der Waals surface area contributed by atoms with Crippen molar-refractivity contribution in [1.82, 2.24) is 20.4 Å². The molecule has 8 heteroatoms. The number of aliphatic imine (C=N–C) groups is 1. The Morgan fingerprint density at radius 1 is 1.23 bits per heavy atom. The van der Waals surface area contributed by atoms with E-state index in [0.29, 0.717) is 36.6 Å². The predicted octanol–water partition coefficient (Wildman–Crippen LogP) is 1.30. The van der Waals surface area contributed by atoms with Crippen molar-refractivity contribution >= 4 is 11.9 Å². The summed E-state index contributed by atoms with van der Waals surface area (Å²) in [6.07, 6.45) is 2.30. The largest absolute Gasteiger partial charge is 0.465 e. The lowest BCUT2D eigenvalue weighted by Gasteiger charge is -2.39. The number of amidine groups is 1. The maximum atomic E-state index is 12.3. The SMILES string of the molecule is CC(C)COC1=NC(N)=C2NC(=O)CN(Cc3cccc(CN4CCCC4)c3)C2N1. The number of hydrogen-bond donors (Lipinski definition) is 3. The van der Waals surface area contributed by atoms with Gasteiger partial charge in [0.2, 0.25) is 5.91 Å². The summed E-state index contributed by atoms with van der Waals surface area (Å²) in [7, 11) is 0. The molecule has 1 amide bonds. The van der Waals surface area contributed by atoms with Crippen LogP contribution in [-0.4, -0.2) is 54.1 Å². The zero-order chi connectivity index (χ0) is 21.1. The maximum absolute atomic E-state index is 12.3. The third kappa shape index (κ3) is 4.94. The maximum Gasteiger partial charge on any atom is 0.292 e. The summed E-state index contributed by atoms with van der Waals surface area (Å²) in [5, 5.41) is 6.17. The highest BCUT2D eigenvalue weighted by Gasteiger charge is 2.36. The van der Waals surface area contributed by atoms with Crippen LogP contribution in [0.1, 0.15) is 37.8 Å². The van der Waals surface area contributed by atoms with Gasteiger partial charge in [-0.2, -0.15) is 4.99 Å². The summed E-state index contributed by atoms with van der Waals surface area (Å²) in [5.74, 6) is 0.584. The quantitative estimate of drug-likeness (QED) is 0.652. The van der Waals surface area contributed by atoms with E-state index in [4.69, 9.17) is 10.5 Å². The number of nitrogens with zero attached hydrogens (tertiary/aromatic N) is 3. The normalized spacial score (nSPS) is 22.6. The van der Waals surface area contributed by atoms with Gasteiger partial charge in [-0.25, -0.2) is 0 Å². The monoisotopic (exact) mass is 412 g/mol. The van der Waals surface area contributed by atoms with Gasteiger partial charge in [-0.3, -0.25) is 14.6 Å². The second-order valence-electron chi connectivity index (χ2n) is 8.72. The predicted molar refractivity (Wildman–Crippen MR) is 116 cm³/mol. The standard InChI is InChI=1S/C22H32N6O2/c1-15(2)14-30-22-25-20(23)19-21(26-22)28(13-18(29)24-19)12-17-7-5-6-16(10-17)11-27-8-3-4-9-27/h5-7,10,15,21H,3-4,8-9,11-14,23H2,1-2H3,(H,24,29)(H,25,26). The highest BCUT2D eigenvalue weighted by Crippen LogP contribution is 2.21. The summed E-state index contributed by atoms with van der Waals surface area (Å²) in [6.45, 7) is 8.95. The molecule has 4 N–H and O–H groups in total. The first-order valence-corrected chi connectivity index (χ1v) is 10.8. The fourth-order valence-electron chi connectivity index (χ4n) is 4.13. The van der Waals surface area contributed by atoms with Crippen molar-refractivity contribution in [3.05, 3.63) is 46.9 Å². The molecule has 1 aromatic rings. The molecule has 3 aliphatic heterocycles. The topological polar surface area (TPSA) is 95.2 Å². The molecule has 2 saturated heterocycles. The molecule has 4 rings (SSSR count). The van der Waals surface area contributed by atoms with Gasteiger partial charge in [0.05, 0.1) is 18.8 Å². The molecule has 0 saturated carbocycles. The van der Waals surface area contributed by atoms with E-state index in [1.807, 2.05) is 0 Å². The molecule has 1 aromatic carbocycles. The Hall–Kier alpha value is -2.58. The van der Waals surface area contributed by atoms with Gasteiger partial charge in [0, 0.05) is 13.1 Å². The number of carbonyl (C=O) groups excluding carboxylic acids is 1. The molecule has 2 fully saturated rings. The van der Waals surface area contributed by atoms with Crippen molar-refractivity contribution < 1.29 is 9.53 Å². The number of hydrogen-bond acceptors (Lipinski definition) is 7. The molecule has 0 bridgehead atoms. The number of likely N-dealkylation sites (tertiary alicyclic amines) is 1. The van der Waals surface area contributed by atoms with Gasteiger partial charge in [0.25, 0.3) is 6.02 Å².